The van der Waals surface area contributed by atoms with E-state index in [0.717, 1.165) is 0 Å². The maximum absolute atomic E-state index is 11.3. The fourth-order valence-corrected chi connectivity index (χ4v) is 7.84. The first-order chi connectivity index (χ1) is 27.1. The smallest absolute Gasteiger partial charge is 0.127 e. The molecule has 0 fully saturated rings. The number of aromatic hydroxyl groups is 7. The van der Waals surface area contributed by atoms with Crippen LogP contribution in [0.25, 0.3) is 90.9 Å². The van der Waals surface area contributed by atoms with E-state index >= 15 is 0 Å². The van der Waals surface area contributed by atoms with E-state index in [1.54, 1.807) is 60.7 Å². The number of hydrogen-bond donors (Lipinski definition) is 9. The SMILES string of the molecule is Oc1cccc(O)c1-c1c2nc(c(-c3c(O)cccc3O)c3ccc([nH]3)c(-c3c(O)cccc3P)c3nc(c(-c4c(O)cccc4O)c4ccc1[nH]4)C=C3)C=C2. The second-order valence-electron chi connectivity index (χ2n) is 13.3. The molecule has 0 spiro atoms. The van der Waals surface area contributed by atoms with Gasteiger partial charge in [-0.25, -0.2) is 9.97 Å². The number of aromatic amines is 2. The molecule has 0 aliphatic carbocycles. The molecule has 5 heterocycles. The maximum atomic E-state index is 11.3. The van der Waals surface area contributed by atoms with Crippen LogP contribution >= 0.6 is 9.24 Å². The lowest BCUT2D eigenvalue weighted by Gasteiger charge is -2.11. The molecule has 56 heavy (non-hydrogen) atoms. The van der Waals surface area contributed by atoms with Crippen molar-refractivity contribution in [3.8, 4) is 84.8 Å². The Labute approximate surface area is 320 Å². The minimum Gasteiger partial charge on any atom is -0.507 e. The van der Waals surface area contributed by atoms with Gasteiger partial charge in [-0.3, -0.25) is 0 Å². The van der Waals surface area contributed by atoms with Crippen molar-refractivity contribution in [2.24, 2.45) is 0 Å². The molecule has 8 bridgehead atoms. The number of rotatable bonds is 4. The summed E-state index contributed by atoms with van der Waals surface area (Å²) < 4.78 is 0. The minimum absolute atomic E-state index is 0.0143. The summed E-state index contributed by atoms with van der Waals surface area (Å²) in [5, 5.41) is 79.3. The average molecular weight is 759 g/mol. The van der Waals surface area contributed by atoms with Crippen LogP contribution in [0.15, 0.2) is 97.1 Å². The molecule has 9 rings (SSSR count). The van der Waals surface area contributed by atoms with E-state index in [4.69, 9.17) is 9.97 Å². The zero-order valence-corrected chi connectivity index (χ0v) is 30.3. The summed E-state index contributed by atoms with van der Waals surface area (Å²) in [7, 11) is 2.65. The summed E-state index contributed by atoms with van der Waals surface area (Å²) in [6, 6.07) is 25.4. The Kier molecular flexibility index (Phi) is 8.03. The lowest BCUT2D eigenvalue weighted by Crippen LogP contribution is -1.99. The predicted octanol–water partition coefficient (Wildman–Crippen LogP) is 8.76. The van der Waals surface area contributed by atoms with Crippen LogP contribution in [0.3, 0.4) is 0 Å². The summed E-state index contributed by atoms with van der Waals surface area (Å²) >= 11 is 0. The van der Waals surface area contributed by atoms with Gasteiger partial charge < -0.3 is 45.7 Å². The van der Waals surface area contributed by atoms with Crippen LogP contribution in [0.2, 0.25) is 0 Å². The highest BCUT2D eigenvalue weighted by Crippen LogP contribution is 2.47. The first kappa shape index (κ1) is 34.3. The van der Waals surface area contributed by atoms with Gasteiger partial charge in [0.2, 0.25) is 0 Å². The third-order valence-corrected chi connectivity index (χ3v) is 10.4. The van der Waals surface area contributed by atoms with E-state index in [-0.39, 0.29) is 56.9 Å². The van der Waals surface area contributed by atoms with Gasteiger partial charge in [-0.05, 0) is 96.3 Å². The van der Waals surface area contributed by atoms with E-state index in [2.05, 4.69) is 19.2 Å². The Morgan fingerprint density at radius 2 is 0.571 bits per heavy atom. The fraction of sp³-hybridized carbons (Fsp3) is 0. The largest absolute Gasteiger partial charge is 0.507 e. The molecule has 1 atom stereocenters. The number of fused-ring (bicyclic) bond motifs is 8. The van der Waals surface area contributed by atoms with Gasteiger partial charge in [0.25, 0.3) is 0 Å². The van der Waals surface area contributed by atoms with Crippen LogP contribution in [0, 0.1) is 0 Å². The lowest BCUT2D eigenvalue weighted by molar-refractivity contribution is 0.453. The van der Waals surface area contributed by atoms with Crippen molar-refractivity contribution in [3.63, 3.8) is 0 Å². The van der Waals surface area contributed by atoms with Crippen LogP contribution < -0.4 is 5.30 Å². The number of benzene rings is 4. The highest BCUT2D eigenvalue weighted by atomic mass is 31.0. The number of aromatic nitrogens is 4. The van der Waals surface area contributed by atoms with Gasteiger partial charge in [0.1, 0.15) is 40.2 Å². The van der Waals surface area contributed by atoms with Gasteiger partial charge in [0.15, 0.2) is 0 Å². The quantitative estimate of drug-likeness (QED) is 0.0788. The van der Waals surface area contributed by atoms with Crippen molar-refractivity contribution in [3.05, 3.63) is 120 Å². The van der Waals surface area contributed by atoms with Gasteiger partial charge >= 0.3 is 0 Å². The summed E-state index contributed by atoms with van der Waals surface area (Å²) in [5.41, 5.74) is 5.43. The summed E-state index contributed by atoms with van der Waals surface area (Å²) in [6.45, 7) is 0. The first-order valence-electron chi connectivity index (χ1n) is 17.4. The topological polar surface area (TPSA) is 199 Å². The molecule has 12 heteroatoms. The number of nitrogens with one attached hydrogen (secondary N) is 2. The summed E-state index contributed by atoms with van der Waals surface area (Å²) in [6.07, 6.45) is 6.90. The van der Waals surface area contributed by atoms with E-state index in [0.29, 0.717) is 78.0 Å². The van der Waals surface area contributed by atoms with E-state index in [1.165, 1.54) is 54.6 Å². The van der Waals surface area contributed by atoms with Crippen molar-refractivity contribution in [2.45, 2.75) is 0 Å². The first-order valence-corrected chi connectivity index (χ1v) is 17.9. The maximum Gasteiger partial charge on any atom is 0.127 e. The predicted molar refractivity (Wildman–Crippen MR) is 222 cm³/mol. The zero-order chi connectivity index (χ0) is 38.8. The monoisotopic (exact) mass is 758 g/mol. The van der Waals surface area contributed by atoms with Crippen LogP contribution in [0.4, 0.5) is 0 Å². The average Bonchev–Trinajstić information content (AvgIpc) is 4.00. The van der Waals surface area contributed by atoms with Gasteiger partial charge in [-0.2, -0.15) is 0 Å². The third kappa shape index (κ3) is 5.49. The molecular formula is C44H31N4O7P. The zero-order valence-electron chi connectivity index (χ0n) is 29.1. The molecule has 0 saturated heterocycles. The second-order valence-corrected chi connectivity index (χ2v) is 13.9. The number of phenols is 7. The lowest BCUT2D eigenvalue weighted by atomic mass is 10.0. The minimum atomic E-state index is -0.225. The Morgan fingerprint density at radius 1 is 0.321 bits per heavy atom. The molecule has 1 unspecified atom stereocenters. The molecule has 0 saturated carbocycles. The second kappa shape index (κ2) is 13.1. The highest BCUT2D eigenvalue weighted by molar-refractivity contribution is 7.28. The van der Waals surface area contributed by atoms with Gasteiger partial charge in [-0.15, -0.1) is 9.24 Å². The molecule has 4 aromatic carbocycles. The van der Waals surface area contributed by atoms with Crippen molar-refractivity contribution in [1.82, 2.24) is 19.9 Å². The van der Waals surface area contributed by atoms with Crippen LogP contribution in [-0.2, 0) is 0 Å². The Hall–Kier alpha value is -7.49. The summed E-state index contributed by atoms with van der Waals surface area (Å²) in [5.74, 6) is -1.29. The van der Waals surface area contributed by atoms with Crippen LogP contribution in [0.5, 0.6) is 40.2 Å². The number of H-pyrrole nitrogens is 2. The molecule has 0 radical (unpaired) electrons. The molecule has 11 nitrogen and oxygen atoms in total. The standard InChI is InChI=1S/C44H31N4O7P/c49-29-5-1-6-30(50)41(29)37-21-13-15-23(45-21)38(42-31(51)7-2-8-32(42)52)25-17-19-27(47-25)40(44-35(55)11-4-12-36(44)56)28-20-18-26(48-28)39(24-16-14-22(37)46-24)43-33(53)9-3-10-34(43)54/h1-20,45,48-55H,56H2. The number of nitrogens with zero attached hydrogens (tertiary/aromatic N) is 2. The molecule has 9 N–H and O–H groups in total. The van der Waals surface area contributed by atoms with Crippen molar-refractivity contribution >= 4 is 60.9 Å². The van der Waals surface area contributed by atoms with Crippen molar-refractivity contribution < 1.29 is 35.7 Å². The number of hydrogen-bond acceptors (Lipinski definition) is 9. The molecule has 2 aliphatic rings. The summed E-state index contributed by atoms with van der Waals surface area (Å²) in [4.78, 5) is 16.9. The Balaban J connectivity index is 1.55. The normalized spacial score (nSPS) is 12.0. The van der Waals surface area contributed by atoms with Crippen molar-refractivity contribution in [2.75, 3.05) is 0 Å². The molecule has 274 valence electrons. The van der Waals surface area contributed by atoms with E-state index in [1.807, 2.05) is 6.07 Å². The van der Waals surface area contributed by atoms with Crippen molar-refractivity contribution in [1.29, 1.82) is 0 Å². The van der Waals surface area contributed by atoms with E-state index < -0.39 is 0 Å². The third-order valence-electron chi connectivity index (χ3n) is 9.89. The fourth-order valence-electron chi connectivity index (χ4n) is 7.44. The highest BCUT2D eigenvalue weighted by Gasteiger charge is 2.25. The van der Waals surface area contributed by atoms with Gasteiger partial charge in [0, 0.05) is 49.9 Å². The number of phenolic OH excluding ortho intramolecular Hbond substituents is 7. The Morgan fingerprint density at radius 3 is 0.857 bits per heavy atom. The van der Waals surface area contributed by atoms with E-state index in [9.17, 15) is 35.7 Å². The van der Waals surface area contributed by atoms with Crippen LogP contribution in [-0.4, -0.2) is 55.7 Å². The molecule has 3 aromatic heterocycles. The van der Waals surface area contributed by atoms with Gasteiger partial charge in [-0.1, -0.05) is 30.3 Å². The van der Waals surface area contributed by atoms with Gasteiger partial charge in [0.05, 0.1) is 39.5 Å². The van der Waals surface area contributed by atoms with Crippen LogP contribution in [0.1, 0.15) is 22.8 Å². The molecule has 7 aromatic rings. The molecule has 2 aliphatic heterocycles. The molecule has 0 amide bonds. The molecular weight excluding hydrogens is 727 g/mol. The Bertz CT molecular complexity index is 2560.